The summed E-state index contributed by atoms with van der Waals surface area (Å²) in [6.45, 7) is 17.8. The average Bonchev–Trinajstić information content (AvgIpc) is 3.91. The number of nitrogens with zero attached hydrogens (tertiary/aromatic N) is 1. The van der Waals surface area contributed by atoms with Gasteiger partial charge in [-0.2, -0.15) is 0 Å². The van der Waals surface area contributed by atoms with Crippen LogP contribution in [0.5, 0.6) is 0 Å². The molecule has 6 rings (SSSR count). The van der Waals surface area contributed by atoms with Crippen molar-refractivity contribution in [2.75, 3.05) is 24.7 Å². The van der Waals surface area contributed by atoms with Gasteiger partial charge in [-0.25, -0.2) is 0 Å². The summed E-state index contributed by atoms with van der Waals surface area (Å²) in [7, 11) is 4.49. The third kappa shape index (κ3) is 12.8. The Morgan fingerprint density at radius 3 is 2.18 bits per heavy atom. The van der Waals surface area contributed by atoms with Crippen molar-refractivity contribution in [3.05, 3.63) is 194 Å². The van der Waals surface area contributed by atoms with Gasteiger partial charge in [-0.15, -0.1) is 8.19 Å². The van der Waals surface area contributed by atoms with Gasteiger partial charge in [0.2, 0.25) is 0 Å². The van der Waals surface area contributed by atoms with Crippen molar-refractivity contribution in [2.24, 2.45) is 0 Å². The fourth-order valence-electron chi connectivity index (χ4n) is 6.02. The number of fused-ring (bicyclic) bond motifs is 4. The molecule has 1 atom stereocenters. The second kappa shape index (κ2) is 25.1. The quantitative estimate of drug-likeness (QED) is 0.0940. The molecule has 0 saturated carbocycles. The third-order valence-electron chi connectivity index (χ3n) is 8.32. The third-order valence-corrected chi connectivity index (χ3v) is 9.33. The first kappa shape index (κ1) is 44.4. The maximum Gasteiger partial charge on any atom is 0.0628 e. The monoisotopic (exact) mass is 761 g/mol. The SMILES string of the molecule is C/C=C\C(=C/C)n1c(CC)c(/C=C\C)c2ccccc21.C=C/C=C(\C=C/Nc1ccccc1)Nc1ccc2[nH]c3[pH]ccc3c2c1.C=C/C=C\C=C/C.CNC. The van der Waals surface area contributed by atoms with Crippen molar-refractivity contribution in [1.29, 1.82) is 0 Å². The highest BCUT2D eigenvalue weighted by Crippen LogP contribution is 2.34. The minimum atomic E-state index is 0.741. The summed E-state index contributed by atoms with van der Waals surface area (Å²) < 4.78 is 2.38. The van der Waals surface area contributed by atoms with Crippen LogP contribution in [-0.4, -0.2) is 23.6 Å². The van der Waals surface area contributed by atoms with Gasteiger partial charge in [-0.1, -0.05) is 117 Å². The molecule has 6 heteroatoms. The van der Waals surface area contributed by atoms with Gasteiger partial charge >= 0.3 is 0 Å². The maximum atomic E-state index is 3.81. The highest BCUT2D eigenvalue weighted by molar-refractivity contribution is 7.36. The summed E-state index contributed by atoms with van der Waals surface area (Å²) in [5.74, 6) is 2.22. The van der Waals surface area contributed by atoms with E-state index in [1.807, 2.05) is 94.0 Å². The molecule has 290 valence electrons. The van der Waals surface area contributed by atoms with Crippen LogP contribution in [0.3, 0.4) is 0 Å². The zero-order chi connectivity index (χ0) is 40.5. The highest BCUT2D eigenvalue weighted by atomic mass is 31.0. The van der Waals surface area contributed by atoms with Crippen molar-refractivity contribution in [3.8, 4) is 0 Å². The topological polar surface area (TPSA) is 56.8 Å². The largest absolute Gasteiger partial charge is 0.362 e. The zero-order valence-electron chi connectivity index (χ0n) is 34.2. The maximum absolute atomic E-state index is 3.81. The number of hydrogen-bond donors (Lipinski definition) is 4. The number of rotatable bonds is 12. The number of hydrogen-bond acceptors (Lipinski definition) is 3. The number of H-pyrrole nitrogens is 1. The molecule has 6 aromatic rings. The molecule has 0 aliphatic carbocycles. The Labute approximate surface area is 337 Å². The lowest BCUT2D eigenvalue weighted by atomic mass is 10.1. The van der Waals surface area contributed by atoms with E-state index < -0.39 is 0 Å². The molecule has 0 saturated heterocycles. The number of allylic oxidation sites excluding steroid dienone is 13. The lowest BCUT2D eigenvalue weighted by Crippen LogP contribution is -2.00. The van der Waals surface area contributed by atoms with Crippen molar-refractivity contribution < 1.29 is 0 Å². The Kier molecular flexibility index (Phi) is 19.9. The molecule has 3 heterocycles. The number of benzene rings is 3. The van der Waals surface area contributed by atoms with E-state index in [9.17, 15) is 0 Å². The first-order chi connectivity index (χ1) is 27.4. The van der Waals surface area contributed by atoms with Crippen LogP contribution in [-0.2, 0) is 6.42 Å². The molecule has 0 fully saturated rings. The Hall–Kier alpha value is -6.00. The van der Waals surface area contributed by atoms with Crippen LogP contribution in [0.4, 0.5) is 11.4 Å². The molecule has 0 aliphatic heterocycles. The standard InChI is InChI=1S/C22H20N3P.C19H23N.C7H10.C2H7N/c1-2-6-17(11-13-23-16-7-4-3-5-8-16)24-18-9-10-21-20(15-18)19-12-14-26-22(19)25-21;1-5-11-15(7-3)20-18(8-4)16(12-6-2)17-13-9-10-14-19(17)20;1-3-5-7-6-4-2;1-3-2/h2-15,23-26H,1H2;5-7,9-14H,8H2,1-4H3;3-7H,1H2,2H3;3H,1-2H3/b13-11-,17-6+;11-5-,12-6-,15-7+;6-4-,7-5-;. The summed E-state index contributed by atoms with van der Waals surface area (Å²) in [6.07, 6.45) is 29.0. The van der Waals surface area contributed by atoms with Crippen molar-refractivity contribution in [3.63, 3.8) is 0 Å². The molecule has 0 spiro atoms. The van der Waals surface area contributed by atoms with Crippen LogP contribution in [0.2, 0.25) is 0 Å². The normalized spacial score (nSPS) is 12.1. The molecule has 0 radical (unpaired) electrons. The minimum absolute atomic E-state index is 0.741. The molecule has 0 amide bonds. The lowest BCUT2D eigenvalue weighted by molar-refractivity contribution is 0.977. The van der Waals surface area contributed by atoms with E-state index in [0.29, 0.717) is 0 Å². The van der Waals surface area contributed by atoms with Crippen LogP contribution in [0, 0.1) is 0 Å². The second-order valence-corrected chi connectivity index (χ2v) is 13.5. The lowest BCUT2D eigenvalue weighted by Gasteiger charge is -2.11. The van der Waals surface area contributed by atoms with E-state index in [4.69, 9.17) is 0 Å². The first-order valence-corrected chi connectivity index (χ1v) is 20.2. The summed E-state index contributed by atoms with van der Waals surface area (Å²) in [5.41, 5.74) is 9.49. The Bertz CT molecular complexity index is 2320. The fourth-order valence-corrected chi connectivity index (χ4v) is 7.02. The predicted octanol–water partition coefficient (Wildman–Crippen LogP) is 14.3. The van der Waals surface area contributed by atoms with Gasteiger partial charge in [0.15, 0.2) is 0 Å². The minimum Gasteiger partial charge on any atom is -0.362 e. The summed E-state index contributed by atoms with van der Waals surface area (Å²) in [5, 5.41) is 14.7. The molecule has 1 unspecified atom stereocenters. The molecule has 56 heavy (non-hydrogen) atoms. The van der Waals surface area contributed by atoms with Crippen LogP contribution < -0.4 is 16.0 Å². The highest BCUT2D eigenvalue weighted by Gasteiger charge is 2.15. The van der Waals surface area contributed by atoms with E-state index in [2.05, 4.69) is 151 Å². The predicted molar refractivity (Wildman–Crippen MR) is 256 cm³/mol. The molecule has 0 bridgehead atoms. The number of aromatic amines is 1. The Morgan fingerprint density at radius 1 is 0.768 bits per heavy atom. The molecule has 3 aromatic carbocycles. The van der Waals surface area contributed by atoms with Crippen molar-refractivity contribution >= 4 is 63.8 Å². The van der Waals surface area contributed by atoms with Gasteiger partial charge in [0.1, 0.15) is 0 Å². The Morgan fingerprint density at radius 2 is 1.52 bits per heavy atom. The number of para-hydroxylation sites is 2. The van der Waals surface area contributed by atoms with Gasteiger partial charge in [-0.05, 0) is 115 Å². The number of aromatic nitrogens is 2. The van der Waals surface area contributed by atoms with E-state index in [0.717, 1.165) is 31.7 Å². The number of nitrogens with one attached hydrogen (secondary N) is 4. The molecular formula is C50H60N5P. The van der Waals surface area contributed by atoms with E-state index in [1.54, 1.807) is 12.2 Å². The van der Waals surface area contributed by atoms with Crippen molar-refractivity contribution in [1.82, 2.24) is 14.9 Å². The molecular weight excluding hydrogens is 702 g/mol. The first-order valence-electron chi connectivity index (χ1n) is 19.1. The van der Waals surface area contributed by atoms with Gasteiger partial charge < -0.3 is 25.5 Å². The molecule has 4 N–H and O–H groups in total. The summed E-state index contributed by atoms with van der Waals surface area (Å²) in [6, 6.07) is 27.4. The second-order valence-electron chi connectivity index (χ2n) is 12.4. The van der Waals surface area contributed by atoms with Gasteiger partial charge in [0.25, 0.3) is 0 Å². The van der Waals surface area contributed by atoms with Gasteiger partial charge in [-0.3, -0.25) is 0 Å². The van der Waals surface area contributed by atoms with Crippen LogP contribution in [0.25, 0.3) is 44.2 Å². The van der Waals surface area contributed by atoms with E-state index >= 15 is 0 Å². The van der Waals surface area contributed by atoms with Crippen molar-refractivity contribution in [2.45, 2.75) is 41.0 Å². The van der Waals surface area contributed by atoms with Crippen LogP contribution >= 0.6 is 8.19 Å². The smallest absolute Gasteiger partial charge is 0.0628 e. The Balaban J connectivity index is 0.000000248. The number of anilines is 2. The van der Waals surface area contributed by atoms with Crippen LogP contribution in [0.1, 0.15) is 45.9 Å². The summed E-state index contributed by atoms with van der Waals surface area (Å²) in [4.78, 5) is 3.50. The van der Waals surface area contributed by atoms with E-state index in [-0.39, 0.29) is 0 Å². The van der Waals surface area contributed by atoms with E-state index in [1.165, 1.54) is 49.4 Å². The fraction of sp³-hybridized carbons (Fsp3) is 0.160. The summed E-state index contributed by atoms with van der Waals surface area (Å²) >= 11 is 0. The van der Waals surface area contributed by atoms with Gasteiger partial charge in [0.05, 0.1) is 10.8 Å². The average molecular weight is 762 g/mol. The van der Waals surface area contributed by atoms with Gasteiger partial charge in [0, 0.05) is 61.9 Å². The van der Waals surface area contributed by atoms with Crippen LogP contribution in [0.15, 0.2) is 183 Å². The molecule has 3 aromatic heterocycles. The zero-order valence-corrected chi connectivity index (χ0v) is 35.2. The molecule has 5 nitrogen and oxygen atoms in total. The molecule has 0 aliphatic rings.